The number of piperidine rings is 1. The Morgan fingerprint density at radius 1 is 0.897 bits per heavy atom. The first kappa shape index (κ1) is 26.3. The van der Waals surface area contributed by atoms with Gasteiger partial charge in [-0.25, -0.2) is 5.43 Å². The third kappa shape index (κ3) is 5.31. The number of nitrogens with zero attached hydrogens (tertiary/aromatic N) is 1. The Bertz CT molecular complexity index is 1510. The first-order valence-electron chi connectivity index (χ1n) is 12.9. The molecule has 0 saturated carbocycles. The fourth-order valence-electron chi connectivity index (χ4n) is 5.23. The van der Waals surface area contributed by atoms with Gasteiger partial charge >= 0.3 is 0 Å². The van der Waals surface area contributed by atoms with E-state index in [1.807, 2.05) is 60.7 Å². The van der Waals surface area contributed by atoms with Crippen LogP contribution < -0.4 is 20.2 Å². The van der Waals surface area contributed by atoms with Crippen LogP contribution in [-0.4, -0.2) is 30.9 Å². The number of nitrogens with one attached hydrogen (secondary N) is 2. The van der Waals surface area contributed by atoms with Gasteiger partial charge in [0.2, 0.25) is 0 Å². The van der Waals surface area contributed by atoms with Crippen LogP contribution >= 0.6 is 0 Å². The van der Waals surface area contributed by atoms with Gasteiger partial charge in [-0.3, -0.25) is 4.79 Å². The minimum Gasteiger partial charge on any atom is -0.507 e. The normalized spacial score (nSPS) is 19.5. The van der Waals surface area contributed by atoms with E-state index >= 15 is 0 Å². The second-order valence-corrected chi connectivity index (χ2v) is 10.3. The quantitative estimate of drug-likeness (QED) is 0.264. The van der Waals surface area contributed by atoms with Crippen LogP contribution in [0.1, 0.15) is 53.8 Å². The van der Waals surface area contributed by atoms with Crippen molar-refractivity contribution >= 4 is 22.4 Å². The summed E-state index contributed by atoms with van der Waals surface area (Å²) in [6.45, 7) is 4.25. The molecule has 1 saturated heterocycles. The van der Waals surface area contributed by atoms with Gasteiger partial charge in [-0.15, -0.1) is 0 Å². The number of ether oxygens (including phenoxy) is 2. The summed E-state index contributed by atoms with van der Waals surface area (Å²) in [5, 5.41) is 20.8. The van der Waals surface area contributed by atoms with Crippen molar-refractivity contribution in [3.63, 3.8) is 0 Å². The van der Waals surface area contributed by atoms with Crippen molar-refractivity contribution in [2.24, 2.45) is 10.5 Å². The Balaban J connectivity index is 1.48. The summed E-state index contributed by atoms with van der Waals surface area (Å²) >= 11 is 0. The Morgan fingerprint density at radius 2 is 1.46 bits per heavy atom. The Labute approximate surface area is 228 Å². The summed E-state index contributed by atoms with van der Waals surface area (Å²) in [6.07, 6.45) is 0.593. The zero-order chi connectivity index (χ0) is 27.6. The van der Waals surface area contributed by atoms with E-state index in [4.69, 9.17) is 9.47 Å². The van der Waals surface area contributed by atoms with E-state index in [1.165, 1.54) is 0 Å². The van der Waals surface area contributed by atoms with Gasteiger partial charge in [0.15, 0.2) is 0 Å². The summed E-state index contributed by atoms with van der Waals surface area (Å²) in [5.41, 5.74) is 5.51. The number of carbonyl (C=O) groups is 1. The number of phenolic OH excluding ortho intramolecular Hbond substituents is 1. The molecule has 7 heteroatoms. The molecule has 1 aliphatic rings. The van der Waals surface area contributed by atoms with Crippen LogP contribution in [-0.2, 0) is 0 Å². The SMILES string of the molecule is COc1ccc(C2C/C(=N\NC(=O)c3cc4ccccc4cc3O)C(C)(C)C(c3ccc(OC)cc3)N2)cc1. The molecular formula is C32H33N3O4. The average molecular weight is 524 g/mol. The first-order valence-corrected chi connectivity index (χ1v) is 12.9. The highest BCUT2D eigenvalue weighted by Gasteiger charge is 2.42. The molecule has 5 rings (SSSR count). The van der Waals surface area contributed by atoms with Crippen LogP contribution in [0.5, 0.6) is 17.2 Å². The lowest BCUT2D eigenvalue weighted by molar-refractivity contribution is 0.0951. The number of phenols is 1. The number of rotatable bonds is 6. The number of hydrogen-bond donors (Lipinski definition) is 3. The van der Waals surface area contributed by atoms with E-state index in [2.05, 4.69) is 41.8 Å². The molecule has 7 nitrogen and oxygen atoms in total. The number of benzene rings is 4. The molecule has 0 aromatic heterocycles. The lowest BCUT2D eigenvalue weighted by atomic mass is 9.70. The molecule has 39 heavy (non-hydrogen) atoms. The molecule has 200 valence electrons. The summed E-state index contributed by atoms with van der Waals surface area (Å²) in [6, 6.07) is 26.7. The van der Waals surface area contributed by atoms with E-state index in [-0.39, 0.29) is 23.4 Å². The van der Waals surface area contributed by atoms with E-state index in [1.54, 1.807) is 26.4 Å². The zero-order valence-electron chi connectivity index (χ0n) is 22.6. The smallest absolute Gasteiger partial charge is 0.275 e. The van der Waals surface area contributed by atoms with Crippen LogP contribution in [0.4, 0.5) is 0 Å². The first-order chi connectivity index (χ1) is 18.8. The summed E-state index contributed by atoms with van der Waals surface area (Å²) in [7, 11) is 3.30. The van der Waals surface area contributed by atoms with Gasteiger partial charge in [0.25, 0.3) is 5.91 Å². The number of fused-ring (bicyclic) bond motifs is 1. The molecule has 4 aromatic carbocycles. The van der Waals surface area contributed by atoms with Crippen LogP contribution in [0.2, 0.25) is 0 Å². The number of methoxy groups -OCH3 is 2. The van der Waals surface area contributed by atoms with Crippen LogP contribution in [0, 0.1) is 5.41 Å². The highest BCUT2D eigenvalue weighted by Crippen LogP contribution is 2.44. The molecule has 2 atom stereocenters. The maximum Gasteiger partial charge on any atom is 0.275 e. The molecule has 1 amide bonds. The maximum atomic E-state index is 13.2. The van der Waals surface area contributed by atoms with E-state index in [0.717, 1.165) is 39.1 Å². The Morgan fingerprint density at radius 3 is 2.05 bits per heavy atom. The topological polar surface area (TPSA) is 92.2 Å². The summed E-state index contributed by atoms with van der Waals surface area (Å²) in [4.78, 5) is 13.2. The lowest BCUT2D eigenvalue weighted by Gasteiger charge is -2.44. The zero-order valence-corrected chi connectivity index (χ0v) is 22.6. The Kier molecular flexibility index (Phi) is 7.26. The molecule has 1 heterocycles. The number of aromatic hydroxyl groups is 1. The standard InChI is InChI=1S/C32H33N3O4/c1-32(2)29(34-35-31(37)26-17-22-7-5-6-8-23(22)18-28(26)36)19-27(20-9-13-24(38-3)14-10-20)33-30(32)21-11-15-25(39-4)16-12-21/h5-18,27,30,33,36H,19H2,1-4H3,(H,35,37)/b34-29+. The van der Waals surface area contributed by atoms with Gasteiger partial charge in [-0.1, -0.05) is 62.4 Å². The second-order valence-electron chi connectivity index (χ2n) is 10.3. The van der Waals surface area contributed by atoms with Crippen molar-refractivity contribution in [3.05, 3.63) is 102 Å². The monoisotopic (exact) mass is 523 g/mol. The van der Waals surface area contributed by atoms with Gasteiger partial charge in [0.05, 0.1) is 19.8 Å². The number of hydrogen-bond acceptors (Lipinski definition) is 6. The average Bonchev–Trinajstić information content (AvgIpc) is 2.96. The maximum absolute atomic E-state index is 13.2. The van der Waals surface area contributed by atoms with E-state index < -0.39 is 11.3 Å². The lowest BCUT2D eigenvalue weighted by Crippen LogP contribution is -2.48. The van der Waals surface area contributed by atoms with Crippen molar-refractivity contribution in [1.82, 2.24) is 10.7 Å². The summed E-state index contributed by atoms with van der Waals surface area (Å²) in [5.74, 6) is 1.04. The van der Waals surface area contributed by atoms with Crippen LogP contribution in [0.3, 0.4) is 0 Å². The van der Waals surface area contributed by atoms with Crippen LogP contribution in [0.15, 0.2) is 90.0 Å². The molecule has 0 aliphatic carbocycles. The molecule has 3 N–H and O–H groups in total. The van der Waals surface area contributed by atoms with Crippen molar-refractivity contribution in [1.29, 1.82) is 0 Å². The molecule has 0 bridgehead atoms. The van der Waals surface area contributed by atoms with Crippen LogP contribution in [0.25, 0.3) is 10.8 Å². The van der Waals surface area contributed by atoms with Gasteiger partial charge < -0.3 is 19.9 Å². The van der Waals surface area contributed by atoms with E-state index in [9.17, 15) is 9.90 Å². The molecule has 0 spiro atoms. The van der Waals surface area contributed by atoms with E-state index in [0.29, 0.717) is 6.42 Å². The van der Waals surface area contributed by atoms with Crippen molar-refractivity contribution < 1.29 is 19.4 Å². The molecular weight excluding hydrogens is 490 g/mol. The Hall–Kier alpha value is -4.36. The fourth-order valence-corrected chi connectivity index (χ4v) is 5.23. The highest BCUT2D eigenvalue weighted by atomic mass is 16.5. The van der Waals surface area contributed by atoms with Gasteiger partial charge in [0.1, 0.15) is 17.2 Å². The number of hydrazone groups is 1. The molecule has 1 fully saturated rings. The van der Waals surface area contributed by atoms with Crippen molar-refractivity contribution in [3.8, 4) is 17.2 Å². The third-order valence-corrected chi connectivity index (χ3v) is 7.60. The number of carbonyl (C=O) groups excluding carboxylic acids is 1. The van der Waals surface area contributed by atoms with Crippen molar-refractivity contribution in [2.75, 3.05) is 14.2 Å². The van der Waals surface area contributed by atoms with Gasteiger partial charge in [-0.2, -0.15) is 5.10 Å². The van der Waals surface area contributed by atoms with Crippen molar-refractivity contribution in [2.45, 2.75) is 32.4 Å². The number of amides is 1. The molecule has 4 aromatic rings. The highest BCUT2D eigenvalue weighted by molar-refractivity contribution is 6.02. The molecule has 0 radical (unpaired) electrons. The fraction of sp³-hybridized carbons (Fsp3) is 0.250. The minimum atomic E-state index is -0.456. The van der Waals surface area contributed by atoms with Gasteiger partial charge in [-0.05, 0) is 58.3 Å². The summed E-state index contributed by atoms with van der Waals surface area (Å²) < 4.78 is 10.7. The largest absolute Gasteiger partial charge is 0.507 e. The van der Waals surface area contributed by atoms with Gasteiger partial charge in [0, 0.05) is 29.6 Å². The third-order valence-electron chi connectivity index (χ3n) is 7.60. The molecule has 1 aliphatic heterocycles. The minimum absolute atomic E-state index is 0.0410. The second kappa shape index (κ2) is 10.8. The molecule has 2 unspecified atom stereocenters. The predicted molar refractivity (Wildman–Crippen MR) is 154 cm³/mol. The predicted octanol–water partition coefficient (Wildman–Crippen LogP) is 6.15.